The van der Waals surface area contributed by atoms with Crippen molar-refractivity contribution in [3.63, 3.8) is 0 Å². The van der Waals surface area contributed by atoms with Crippen molar-refractivity contribution in [1.29, 1.82) is 0 Å². The molecule has 0 atom stereocenters. The second-order valence-electron chi connectivity index (χ2n) is 12.1. The van der Waals surface area contributed by atoms with E-state index in [4.69, 9.17) is 9.47 Å². The van der Waals surface area contributed by atoms with Gasteiger partial charge in [0, 0.05) is 59.9 Å². The van der Waals surface area contributed by atoms with Crippen LogP contribution in [0.15, 0.2) is 110 Å². The Bertz CT molecular complexity index is 1890. The Balaban J connectivity index is 0.000000286. The van der Waals surface area contributed by atoms with Gasteiger partial charge in [-0.1, -0.05) is 32.1 Å². The average molecular weight is 717 g/mol. The van der Waals surface area contributed by atoms with Gasteiger partial charge in [-0.2, -0.15) is 0 Å². The lowest BCUT2D eigenvalue weighted by atomic mass is 10.0. The van der Waals surface area contributed by atoms with Crippen molar-refractivity contribution in [2.45, 2.75) is 46.5 Å². The van der Waals surface area contributed by atoms with Crippen LogP contribution < -0.4 is 20.1 Å². The number of carbonyl (C=O) groups is 2. The number of hydrogen-bond acceptors (Lipinski definition) is 8. The fraction of sp³-hybridized carbons (Fsp3) is 0.244. The highest BCUT2D eigenvalue weighted by Gasteiger charge is 2.11. The number of phenols is 2. The third-order valence-corrected chi connectivity index (χ3v) is 8.03. The first kappa shape index (κ1) is 41.4. The minimum absolute atomic E-state index is 0.0813. The second-order valence-corrected chi connectivity index (χ2v) is 12.1. The van der Waals surface area contributed by atoms with Crippen molar-refractivity contribution < 1.29 is 29.3 Å². The van der Waals surface area contributed by atoms with Crippen LogP contribution in [0, 0.1) is 0 Å². The zero-order chi connectivity index (χ0) is 38.6. The van der Waals surface area contributed by atoms with Crippen LogP contribution in [-0.2, 0) is 12.8 Å². The number of rotatable bonds is 18. The van der Waals surface area contributed by atoms with Gasteiger partial charge >= 0.3 is 0 Å². The summed E-state index contributed by atoms with van der Waals surface area (Å²) in [6.07, 6.45) is 15.1. The van der Waals surface area contributed by atoms with E-state index in [1.165, 1.54) is 6.08 Å². The van der Waals surface area contributed by atoms with Gasteiger partial charge in [0.15, 0.2) is 11.6 Å². The first-order valence-corrected chi connectivity index (χ1v) is 17.9. The molecular weight excluding hydrogens is 665 g/mol. The molecule has 0 amide bonds. The summed E-state index contributed by atoms with van der Waals surface area (Å²) >= 11 is 0. The predicted octanol–water partition coefficient (Wildman–Crippen LogP) is 10.1. The molecular formula is C45H52N2O6. The minimum atomic E-state index is -0.0903. The highest BCUT2D eigenvalue weighted by molar-refractivity contribution is 6.07. The lowest BCUT2D eigenvalue weighted by Crippen LogP contribution is -1.99. The van der Waals surface area contributed by atoms with Crippen LogP contribution in [0.2, 0.25) is 0 Å². The zero-order valence-corrected chi connectivity index (χ0v) is 31.4. The third-order valence-electron chi connectivity index (χ3n) is 8.03. The number of phenolic OH excluding ortho intramolecular Hbond substituents is 2. The van der Waals surface area contributed by atoms with Crippen LogP contribution >= 0.6 is 0 Å². The van der Waals surface area contributed by atoms with Gasteiger partial charge in [0.05, 0.1) is 13.2 Å². The zero-order valence-electron chi connectivity index (χ0n) is 31.4. The monoisotopic (exact) mass is 716 g/mol. The van der Waals surface area contributed by atoms with Crippen LogP contribution in [0.3, 0.4) is 0 Å². The fourth-order valence-electron chi connectivity index (χ4n) is 5.05. The normalized spacial score (nSPS) is 11.0. The van der Waals surface area contributed by atoms with E-state index < -0.39 is 0 Å². The number of hydrogen-bond donors (Lipinski definition) is 4. The SMILES string of the molecule is C=CCc1cc(C=CC(=O)c2ccc(NC)cc2)c(OCCC)cc1O.CC=CCc1cc(C=CC(=O)c2ccc(NC)cc2)c(OCCC)cc1O. The van der Waals surface area contributed by atoms with Crippen molar-refractivity contribution in [2.75, 3.05) is 37.9 Å². The van der Waals surface area contributed by atoms with Crippen LogP contribution in [0.5, 0.6) is 23.0 Å². The number of ketones is 2. The van der Waals surface area contributed by atoms with E-state index in [2.05, 4.69) is 17.2 Å². The molecule has 278 valence electrons. The predicted molar refractivity (Wildman–Crippen MR) is 219 cm³/mol. The minimum Gasteiger partial charge on any atom is -0.508 e. The average Bonchev–Trinajstić information content (AvgIpc) is 3.18. The van der Waals surface area contributed by atoms with Gasteiger partial charge in [0.25, 0.3) is 0 Å². The molecule has 0 saturated heterocycles. The lowest BCUT2D eigenvalue weighted by molar-refractivity contribution is 0.103. The molecule has 4 rings (SSSR count). The molecule has 0 saturated carbocycles. The number of benzene rings is 4. The van der Waals surface area contributed by atoms with Gasteiger partial charge in [-0.25, -0.2) is 0 Å². The standard InChI is InChI=1S/C23H27NO3.C22H25NO3/c1-4-6-7-18-15-19(23(16-22(18)26)27-14-5-2)10-13-21(25)17-8-11-20(24-3)12-9-17;1-4-6-17-14-18(22(15-21(17)25)26-13-5-2)9-12-20(24)16-7-10-19(23-3)11-8-16/h4,6,8-13,15-16,24,26H,5,7,14H2,1-3H3;4,7-12,14-15,23,25H,1,5-6,13H2,2-3H3. The Morgan fingerprint density at radius 1 is 0.679 bits per heavy atom. The van der Waals surface area contributed by atoms with E-state index in [9.17, 15) is 19.8 Å². The topological polar surface area (TPSA) is 117 Å². The molecule has 0 radical (unpaired) electrons. The van der Waals surface area contributed by atoms with Crippen molar-refractivity contribution in [3.05, 3.63) is 143 Å². The molecule has 0 aromatic heterocycles. The van der Waals surface area contributed by atoms with Crippen LogP contribution in [0.4, 0.5) is 11.4 Å². The van der Waals surface area contributed by atoms with E-state index in [0.29, 0.717) is 48.7 Å². The third kappa shape index (κ3) is 12.9. The number of nitrogens with one attached hydrogen (secondary N) is 2. The van der Waals surface area contributed by atoms with E-state index in [0.717, 1.165) is 46.5 Å². The molecule has 0 bridgehead atoms. The molecule has 4 aromatic rings. The van der Waals surface area contributed by atoms with Crippen molar-refractivity contribution in [3.8, 4) is 23.0 Å². The number of ether oxygens (including phenoxy) is 2. The molecule has 0 heterocycles. The van der Waals surface area contributed by atoms with Gasteiger partial charge in [-0.15, -0.1) is 6.58 Å². The summed E-state index contributed by atoms with van der Waals surface area (Å²) in [4.78, 5) is 24.9. The molecule has 0 unspecified atom stereocenters. The van der Waals surface area contributed by atoms with Gasteiger partial charge in [0.2, 0.25) is 0 Å². The van der Waals surface area contributed by atoms with Gasteiger partial charge in [-0.05, 0) is 129 Å². The number of aromatic hydroxyl groups is 2. The summed E-state index contributed by atoms with van der Waals surface area (Å²) in [6, 6.07) is 21.5. The molecule has 0 aliphatic rings. The van der Waals surface area contributed by atoms with Crippen molar-refractivity contribution in [2.24, 2.45) is 0 Å². The quantitative estimate of drug-likeness (QED) is 0.0457. The number of allylic oxidation sites excluding steroid dienone is 5. The molecule has 8 heteroatoms. The summed E-state index contributed by atoms with van der Waals surface area (Å²) in [6.45, 7) is 10.8. The van der Waals surface area contributed by atoms with Gasteiger partial charge in [0.1, 0.15) is 23.0 Å². The van der Waals surface area contributed by atoms with Crippen LogP contribution in [-0.4, -0.2) is 49.1 Å². The Hall–Kier alpha value is -6.02. The second kappa shape index (κ2) is 22.0. The summed E-state index contributed by atoms with van der Waals surface area (Å²) in [5, 5.41) is 26.4. The number of anilines is 2. The molecule has 4 N–H and O–H groups in total. The van der Waals surface area contributed by atoms with E-state index in [1.807, 2.05) is 83.4 Å². The van der Waals surface area contributed by atoms with E-state index in [1.54, 1.807) is 60.7 Å². The summed E-state index contributed by atoms with van der Waals surface area (Å²) in [5.74, 6) is 1.34. The lowest BCUT2D eigenvalue weighted by Gasteiger charge is -2.12. The molecule has 0 fully saturated rings. The Morgan fingerprint density at radius 2 is 1.09 bits per heavy atom. The molecule has 0 aliphatic heterocycles. The first-order chi connectivity index (χ1) is 25.7. The van der Waals surface area contributed by atoms with E-state index >= 15 is 0 Å². The first-order valence-electron chi connectivity index (χ1n) is 17.9. The van der Waals surface area contributed by atoms with Crippen LogP contribution in [0.25, 0.3) is 12.2 Å². The maximum Gasteiger partial charge on any atom is 0.185 e. The Kier molecular flexibility index (Phi) is 17.2. The summed E-state index contributed by atoms with van der Waals surface area (Å²) in [7, 11) is 3.67. The van der Waals surface area contributed by atoms with Crippen LogP contribution in [0.1, 0.15) is 76.6 Å². The maximum atomic E-state index is 12.5. The molecule has 4 aromatic carbocycles. The largest absolute Gasteiger partial charge is 0.508 e. The van der Waals surface area contributed by atoms with Crippen molar-refractivity contribution in [1.82, 2.24) is 0 Å². The van der Waals surface area contributed by atoms with E-state index in [-0.39, 0.29) is 23.1 Å². The molecule has 8 nitrogen and oxygen atoms in total. The number of carbonyl (C=O) groups excluding carboxylic acids is 2. The van der Waals surface area contributed by atoms with Crippen molar-refractivity contribution >= 4 is 35.1 Å². The molecule has 0 spiro atoms. The maximum absolute atomic E-state index is 12.5. The molecule has 53 heavy (non-hydrogen) atoms. The Morgan fingerprint density at radius 3 is 1.45 bits per heavy atom. The fourth-order valence-corrected chi connectivity index (χ4v) is 5.05. The smallest absolute Gasteiger partial charge is 0.185 e. The van der Waals surface area contributed by atoms with Gasteiger partial charge in [-0.3, -0.25) is 9.59 Å². The Labute approximate surface area is 314 Å². The molecule has 0 aliphatic carbocycles. The highest BCUT2D eigenvalue weighted by atomic mass is 16.5. The van der Waals surface area contributed by atoms with Gasteiger partial charge < -0.3 is 30.3 Å². The summed E-state index contributed by atoms with van der Waals surface area (Å²) in [5.41, 5.74) is 6.22. The highest BCUT2D eigenvalue weighted by Crippen LogP contribution is 2.32. The summed E-state index contributed by atoms with van der Waals surface area (Å²) < 4.78 is 11.5.